The molecular formula is C17H15NO3S. The normalized spacial score (nSPS) is 17.1. The summed E-state index contributed by atoms with van der Waals surface area (Å²) in [4.78, 5) is 15.3. The molecule has 5 heteroatoms. The summed E-state index contributed by atoms with van der Waals surface area (Å²) in [5.74, 6) is 0.311. The maximum Gasteiger partial charge on any atom is 0.329 e. The van der Waals surface area contributed by atoms with Gasteiger partial charge in [-0.25, -0.2) is 4.79 Å². The van der Waals surface area contributed by atoms with Gasteiger partial charge in [0, 0.05) is 11.3 Å². The van der Waals surface area contributed by atoms with Crippen molar-refractivity contribution in [3.63, 3.8) is 0 Å². The molecule has 1 atom stereocenters. The molecule has 1 aliphatic rings. The van der Waals surface area contributed by atoms with Crippen LogP contribution < -0.4 is 4.74 Å². The smallest absolute Gasteiger partial charge is 0.329 e. The summed E-state index contributed by atoms with van der Waals surface area (Å²) in [7, 11) is 0. The van der Waals surface area contributed by atoms with Crippen LogP contribution in [0.2, 0.25) is 0 Å². The maximum absolute atomic E-state index is 11.0. The van der Waals surface area contributed by atoms with Gasteiger partial charge in [0.2, 0.25) is 0 Å². The number of para-hydroxylation sites is 1. The van der Waals surface area contributed by atoms with Crippen molar-refractivity contribution in [1.82, 2.24) is 0 Å². The minimum Gasteiger partial charge on any atom is -0.488 e. The fourth-order valence-electron chi connectivity index (χ4n) is 2.15. The second-order valence-electron chi connectivity index (χ2n) is 4.87. The second-order valence-corrected chi connectivity index (χ2v) is 5.88. The second kappa shape index (κ2) is 6.66. The molecule has 1 heterocycles. The summed E-state index contributed by atoms with van der Waals surface area (Å²) in [6.07, 6.45) is 0. The molecule has 0 aromatic heterocycles. The number of nitrogens with zero attached hydrogens (tertiary/aromatic N) is 1. The molecular weight excluding hydrogens is 298 g/mol. The van der Waals surface area contributed by atoms with Crippen molar-refractivity contribution < 1.29 is 14.6 Å². The Morgan fingerprint density at radius 2 is 1.91 bits per heavy atom. The lowest BCUT2D eigenvalue weighted by atomic mass is 10.2. The average molecular weight is 313 g/mol. The lowest BCUT2D eigenvalue weighted by Crippen LogP contribution is -2.17. The predicted octanol–water partition coefficient (Wildman–Crippen LogP) is 3.21. The number of hydrogen-bond acceptors (Lipinski definition) is 4. The van der Waals surface area contributed by atoms with E-state index < -0.39 is 12.0 Å². The molecule has 1 N–H and O–H groups in total. The van der Waals surface area contributed by atoms with E-state index in [0.29, 0.717) is 12.4 Å². The molecule has 0 spiro atoms. The summed E-state index contributed by atoms with van der Waals surface area (Å²) in [6.45, 7) is 0.470. The largest absolute Gasteiger partial charge is 0.488 e. The Hall–Kier alpha value is -2.27. The molecule has 0 fully saturated rings. The van der Waals surface area contributed by atoms with Crippen molar-refractivity contribution >= 4 is 22.8 Å². The van der Waals surface area contributed by atoms with E-state index in [1.165, 1.54) is 11.8 Å². The third-order valence-corrected chi connectivity index (χ3v) is 4.37. The van der Waals surface area contributed by atoms with E-state index in [1.54, 1.807) is 0 Å². The third-order valence-electron chi connectivity index (χ3n) is 3.29. The fraction of sp³-hybridized carbons (Fsp3) is 0.176. The summed E-state index contributed by atoms with van der Waals surface area (Å²) < 4.78 is 5.89. The van der Waals surface area contributed by atoms with Gasteiger partial charge in [-0.3, -0.25) is 4.99 Å². The zero-order valence-corrected chi connectivity index (χ0v) is 12.6. The van der Waals surface area contributed by atoms with Crippen LogP contribution in [0.15, 0.2) is 59.6 Å². The number of rotatable bonds is 5. The van der Waals surface area contributed by atoms with Crippen molar-refractivity contribution in [2.24, 2.45) is 4.99 Å². The molecule has 2 aromatic rings. The van der Waals surface area contributed by atoms with Crippen molar-refractivity contribution in [2.75, 3.05) is 5.75 Å². The van der Waals surface area contributed by atoms with E-state index in [9.17, 15) is 4.79 Å². The molecule has 3 rings (SSSR count). The molecule has 1 aliphatic heterocycles. The van der Waals surface area contributed by atoms with E-state index in [1.807, 2.05) is 54.6 Å². The number of aliphatic imine (C=N–C) groups is 1. The first kappa shape index (κ1) is 14.7. The van der Waals surface area contributed by atoms with Crippen molar-refractivity contribution in [3.8, 4) is 5.75 Å². The van der Waals surface area contributed by atoms with E-state index in [4.69, 9.17) is 9.84 Å². The van der Waals surface area contributed by atoms with Crippen LogP contribution in [0, 0.1) is 0 Å². The summed E-state index contributed by atoms with van der Waals surface area (Å²) in [6, 6.07) is 16.9. The van der Waals surface area contributed by atoms with Gasteiger partial charge >= 0.3 is 5.97 Å². The Balaban J connectivity index is 1.79. The van der Waals surface area contributed by atoms with E-state index in [-0.39, 0.29) is 0 Å². The number of carbonyl (C=O) groups is 1. The molecule has 4 nitrogen and oxygen atoms in total. The topological polar surface area (TPSA) is 58.9 Å². The highest BCUT2D eigenvalue weighted by Crippen LogP contribution is 2.29. The van der Waals surface area contributed by atoms with Crippen LogP contribution >= 0.6 is 11.8 Å². The molecule has 1 unspecified atom stereocenters. The highest BCUT2D eigenvalue weighted by atomic mass is 32.2. The predicted molar refractivity (Wildman–Crippen MR) is 87.6 cm³/mol. The molecule has 0 saturated carbocycles. The molecule has 0 bridgehead atoms. The van der Waals surface area contributed by atoms with E-state index >= 15 is 0 Å². The van der Waals surface area contributed by atoms with E-state index in [2.05, 4.69) is 4.99 Å². The number of hydrogen-bond donors (Lipinski definition) is 1. The summed E-state index contributed by atoms with van der Waals surface area (Å²) in [5, 5.41) is 9.78. The van der Waals surface area contributed by atoms with Gasteiger partial charge in [0.05, 0.1) is 0 Å². The monoisotopic (exact) mass is 313 g/mol. The van der Waals surface area contributed by atoms with Crippen molar-refractivity contribution in [2.45, 2.75) is 12.6 Å². The van der Waals surface area contributed by atoms with Crippen LogP contribution in [0.25, 0.3) is 0 Å². The van der Waals surface area contributed by atoms with Crippen LogP contribution in [-0.2, 0) is 11.4 Å². The maximum atomic E-state index is 11.0. The number of carboxylic acids is 1. The van der Waals surface area contributed by atoms with Gasteiger partial charge in [0.15, 0.2) is 6.04 Å². The molecule has 112 valence electrons. The van der Waals surface area contributed by atoms with Gasteiger partial charge in [0.1, 0.15) is 17.4 Å². The third kappa shape index (κ3) is 3.31. The minimum atomic E-state index is -0.884. The van der Waals surface area contributed by atoms with Crippen LogP contribution in [0.3, 0.4) is 0 Å². The van der Waals surface area contributed by atoms with Gasteiger partial charge in [-0.15, -0.1) is 11.8 Å². The Morgan fingerprint density at radius 1 is 1.18 bits per heavy atom. The van der Waals surface area contributed by atoms with Gasteiger partial charge in [0.25, 0.3) is 0 Å². The molecule has 0 radical (unpaired) electrons. The van der Waals surface area contributed by atoms with Crippen molar-refractivity contribution in [3.05, 3.63) is 65.7 Å². The Labute approximate surface area is 132 Å². The van der Waals surface area contributed by atoms with Crippen LogP contribution in [0.1, 0.15) is 11.1 Å². The van der Waals surface area contributed by atoms with Crippen LogP contribution in [-0.4, -0.2) is 27.9 Å². The van der Waals surface area contributed by atoms with Crippen LogP contribution in [0.4, 0.5) is 0 Å². The molecule has 0 aliphatic carbocycles. The summed E-state index contributed by atoms with van der Waals surface area (Å²) in [5.41, 5.74) is 1.94. The van der Waals surface area contributed by atoms with Crippen LogP contribution in [0.5, 0.6) is 5.75 Å². The standard InChI is InChI=1S/C17H15NO3S/c19-17(20)14-11-22-16(18-14)13-8-4-5-9-15(13)21-10-12-6-2-1-3-7-12/h1-9,14H,10-11H2,(H,19,20). The van der Waals surface area contributed by atoms with E-state index in [0.717, 1.165) is 21.9 Å². The quantitative estimate of drug-likeness (QED) is 0.921. The lowest BCUT2D eigenvalue weighted by Gasteiger charge is -2.11. The zero-order valence-electron chi connectivity index (χ0n) is 11.8. The molecule has 0 saturated heterocycles. The van der Waals surface area contributed by atoms with Crippen molar-refractivity contribution in [1.29, 1.82) is 0 Å². The highest BCUT2D eigenvalue weighted by Gasteiger charge is 2.26. The number of aliphatic carboxylic acids is 1. The zero-order chi connectivity index (χ0) is 15.4. The first-order valence-electron chi connectivity index (χ1n) is 6.93. The first-order valence-corrected chi connectivity index (χ1v) is 7.92. The first-order chi connectivity index (χ1) is 10.7. The fourth-order valence-corrected chi connectivity index (χ4v) is 3.21. The number of benzene rings is 2. The Morgan fingerprint density at radius 3 is 2.64 bits per heavy atom. The van der Waals surface area contributed by atoms with Gasteiger partial charge in [-0.2, -0.15) is 0 Å². The Kier molecular flexibility index (Phi) is 4.44. The summed E-state index contributed by atoms with van der Waals surface area (Å²) >= 11 is 1.46. The SMILES string of the molecule is O=C(O)C1CSC(c2ccccc2OCc2ccccc2)=N1. The van der Waals surface area contributed by atoms with Gasteiger partial charge in [-0.05, 0) is 17.7 Å². The van der Waals surface area contributed by atoms with Gasteiger partial charge < -0.3 is 9.84 Å². The lowest BCUT2D eigenvalue weighted by molar-refractivity contribution is -0.137. The minimum absolute atomic E-state index is 0.470. The number of ether oxygens (including phenoxy) is 1. The molecule has 0 amide bonds. The number of thioether (sulfide) groups is 1. The molecule has 2 aromatic carbocycles. The average Bonchev–Trinajstić information content (AvgIpc) is 3.04. The highest BCUT2D eigenvalue weighted by molar-refractivity contribution is 8.14. The molecule has 22 heavy (non-hydrogen) atoms. The Bertz CT molecular complexity index is 700. The van der Waals surface area contributed by atoms with Gasteiger partial charge in [-0.1, -0.05) is 42.5 Å². The number of carboxylic acid groups (broad SMARTS) is 1.